The zero-order valence-corrected chi connectivity index (χ0v) is 11.3. The van der Waals surface area contributed by atoms with Crippen molar-refractivity contribution in [1.82, 2.24) is 9.97 Å². The first-order valence-electron chi connectivity index (χ1n) is 4.96. The number of aryl methyl sites for hydroxylation is 1. The van der Waals surface area contributed by atoms with Crippen molar-refractivity contribution in [2.75, 3.05) is 0 Å². The predicted molar refractivity (Wildman–Crippen MR) is 71.8 cm³/mol. The Morgan fingerprint density at radius 1 is 1.00 bits per heavy atom. The first kappa shape index (κ1) is 12.6. The van der Waals surface area contributed by atoms with Crippen molar-refractivity contribution in [3.8, 4) is 11.1 Å². The molecule has 0 spiro atoms. The molecular weight excluding hydrogens is 279 g/mol. The molecule has 0 bridgehead atoms. The Labute approximate surface area is 115 Å². The summed E-state index contributed by atoms with van der Waals surface area (Å²) in [7, 11) is 0. The zero-order valence-electron chi connectivity index (χ0n) is 9.04. The van der Waals surface area contributed by atoms with E-state index in [1.807, 2.05) is 31.2 Å². The number of nitrogens with zero attached hydrogens (tertiary/aromatic N) is 2. The van der Waals surface area contributed by atoms with Crippen LogP contribution < -0.4 is 0 Å². The van der Waals surface area contributed by atoms with E-state index in [9.17, 15) is 0 Å². The molecule has 0 aliphatic carbocycles. The average Bonchev–Trinajstić information content (AvgIpc) is 2.30. The van der Waals surface area contributed by atoms with Gasteiger partial charge >= 0.3 is 0 Å². The molecule has 5 heteroatoms. The average molecular weight is 288 g/mol. The van der Waals surface area contributed by atoms with Gasteiger partial charge in [0, 0.05) is 0 Å². The van der Waals surface area contributed by atoms with Crippen molar-refractivity contribution in [2.24, 2.45) is 0 Å². The second-order valence-corrected chi connectivity index (χ2v) is 4.58. The van der Waals surface area contributed by atoms with E-state index in [4.69, 9.17) is 34.8 Å². The molecule has 1 aromatic heterocycles. The van der Waals surface area contributed by atoms with Gasteiger partial charge < -0.3 is 0 Å². The lowest BCUT2D eigenvalue weighted by molar-refractivity contribution is 1.03. The standard InChI is InChI=1S/C12H9Cl3N2/c1-7-2-4-8(5-3-7)10-11(14)16-9(6-13)17-12(10)15/h2-5H,6H2,1H3. The van der Waals surface area contributed by atoms with E-state index >= 15 is 0 Å². The Kier molecular flexibility index (Phi) is 3.87. The lowest BCUT2D eigenvalue weighted by Crippen LogP contribution is -1.96. The van der Waals surface area contributed by atoms with Crippen molar-refractivity contribution in [3.05, 3.63) is 46.0 Å². The van der Waals surface area contributed by atoms with Gasteiger partial charge in [-0.25, -0.2) is 9.97 Å². The van der Waals surface area contributed by atoms with Crippen molar-refractivity contribution in [1.29, 1.82) is 0 Å². The van der Waals surface area contributed by atoms with Crippen molar-refractivity contribution >= 4 is 34.8 Å². The van der Waals surface area contributed by atoms with Gasteiger partial charge in [-0.2, -0.15) is 0 Å². The normalized spacial score (nSPS) is 10.6. The summed E-state index contributed by atoms with van der Waals surface area (Å²) in [5.74, 6) is 0.616. The Morgan fingerprint density at radius 3 is 2.00 bits per heavy atom. The van der Waals surface area contributed by atoms with Gasteiger partial charge in [0.25, 0.3) is 0 Å². The van der Waals surface area contributed by atoms with Crippen molar-refractivity contribution < 1.29 is 0 Å². The second kappa shape index (κ2) is 5.21. The molecule has 0 aliphatic heterocycles. The van der Waals surface area contributed by atoms with E-state index < -0.39 is 0 Å². The van der Waals surface area contributed by atoms with Crippen LogP contribution in [-0.2, 0) is 5.88 Å². The van der Waals surface area contributed by atoms with Crippen LogP contribution in [0.3, 0.4) is 0 Å². The van der Waals surface area contributed by atoms with Gasteiger partial charge in [0.05, 0.1) is 11.4 Å². The fourth-order valence-corrected chi connectivity index (χ4v) is 2.23. The molecule has 0 amide bonds. The maximum absolute atomic E-state index is 6.09. The van der Waals surface area contributed by atoms with Gasteiger partial charge in [-0.15, -0.1) is 11.6 Å². The highest BCUT2D eigenvalue weighted by Crippen LogP contribution is 2.32. The molecule has 1 aromatic carbocycles. The number of rotatable bonds is 2. The van der Waals surface area contributed by atoms with Crippen LogP contribution in [0.5, 0.6) is 0 Å². The quantitative estimate of drug-likeness (QED) is 0.600. The lowest BCUT2D eigenvalue weighted by Gasteiger charge is -2.07. The van der Waals surface area contributed by atoms with Crippen molar-refractivity contribution in [2.45, 2.75) is 12.8 Å². The summed E-state index contributed by atoms with van der Waals surface area (Å²) in [5, 5.41) is 0.647. The summed E-state index contributed by atoms with van der Waals surface area (Å²) in [6.07, 6.45) is 0. The maximum Gasteiger partial charge on any atom is 0.146 e. The Balaban J connectivity index is 2.55. The SMILES string of the molecule is Cc1ccc(-c2c(Cl)nc(CCl)nc2Cl)cc1. The predicted octanol–water partition coefficient (Wildman–Crippen LogP) is 4.50. The van der Waals surface area contributed by atoms with E-state index in [-0.39, 0.29) is 5.88 Å². The fraction of sp³-hybridized carbons (Fsp3) is 0.167. The molecule has 1 heterocycles. The van der Waals surface area contributed by atoms with E-state index in [2.05, 4.69) is 9.97 Å². The first-order valence-corrected chi connectivity index (χ1v) is 6.26. The van der Waals surface area contributed by atoms with Crippen LogP contribution >= 0.6 is 34.8 Å². The highest BCUT2D eigenvalue weighted by atomic mass is 35.5. The molecule has 0 radical (unpaired) electrons. The van der Waals surface area contributed by atoms with E-state index in [0.717, 1.165) is 5.56 Å². The Hall–Kier alpha value is -0.830. The van der Waals surface area contributed by atoms with Crippen LogP contribution in [0.1, 0.15) is 11.4 Å². The number of hydrogen-bond acceptors (Lipinski definition) is 2. The van der Waals surface area contributed by atoms with Crippen LogP contribution in [-0.4, -0.2) is 9.97 Å². The van der Waals surface area contributed by atoms with E-state index in [1.165, 1.54) is 5.56 Å². The number of aromatic nitrogens is 2. The minimum atomic E-state index is 0.188. The monoisotopic (exact) mass is 286 g/mol. The van der Waals surface area contributed by atoms with E-state index in [1.54, 1.807) is 0 Å². The highest BCUT2D eigenvalue weighted by molar-refractivity contribution is 6.37. The van der Waals surface area contributed by atoms with Crippen molar-refractivity contribution in [3.63, 3.8) is 0 Å². The topological polar surface area (TPSA) is 25.8 Å². The van der Waals surface area contributed by atoms with Gasteiger partial charge in [0.1, 0.15) is 16.1 Å². The summed E-state index contributed by atoms with van der Waals surface area (Å²) in [5.41, 5.74) is 2.70. The molecule has 2 aromatic rings. The molecule has 0 atom stereocenters. The minimum Gasteiger partial charge on any atom is -0.219 e. The molecule has 0 fully saturated rings. The molecule has 0 saturated heterocycles. The van der Waals surface area contributed by atoms with Crippen LogP contribution in [0.2, 0.25) is 10.3 Å². The van der Waals surface area contributed by atoms with Gasteiger partial charge in [0.2, 0.25) is 0 Å². The molecule has 0 N–H and O–H groups in total. The van der Waals surface area contributed by atoms with Crippen LogP contribution in [0.25, 0.3) is 11.1 Å². The van der Waals surface area contributed by atoms with E-state index in [0.29, 0.717) is 21.7 Å². The zero-order chi connectivity index (χ0) is 12.4. The summed E-state index contributed by atoms with van der Waals surface area (Å²) in [4.78, 5) is 8.18. The second-order valence-electron chi connectivity index (χ2n) is 3.60. The molecule has 88 valence electrons. The summed E-state index contributed by atoms with van der Waals surface area (Å²) in [6.45, 7) is 2.01. The highest BCUT2D eigenvalue weighted by Gasteiger charge is 2.13. The van der Waals surface area contributed by atoms with Gasteiger partial charge in [-0.1, -0.05) is 53.0 Å². The number of benzene rings is 1. The Morgan fingerprint density at radius 2 is 1.53 bits per heavy atom. The van der Waals surface area contributed by atoms with Crippen LogP contribution in [0.4, 0.5) is 0 Å². The fourth-order valence-electron chi connectivity index (χ4n) is 1.47. The Bertz CT molecular complexity index is 515. The number of alkyl halides is 1. The third-order valence-electron chi connectivity index (χ3n) is 2.33. The maximum atomic E-state index is 6.09. The van der Waals surface area contributed by atoms with Gasteiger partial charge in [0.15, 0.2) is 0 Å². The number of hydrogen-bond donors (Lipinski definition) is 0. The molecular formula is C12H9Cl3N2. The molecule has 2 nitrogen and oxygen atoms in total. The minimum absolute atomic E-state index is 0.188. The smallest absolute Gasteiger partial charge is 0.146 e. The van der Waals surface area contributed by atoms with Crippen LogP contribution in [0.15, 0.2) is 24.3 Å². The van der Waals surface area contributed by atoms with Gasteiger partial charge in [-0.3, -0.25) is 0 Å². The molecule has 2 rings (SSSR count). The van der Waals surface area contributed by atoms with Crippen LogP contribution in [0, 0.1) is 6.92 Å². The summed E-state index contributed by atoms with van der Waals surface area (Å²) >= 11 is 17.8. The third kappa shape index (κ3) is 2.71. The molecule has 0 aliphatic rings. The summed E-state index contributed by atoms with van der Waals surface area (Å²) in [6, 6.07) is 7.84. The first-order chi connectivity index (χ1) is 8.11. The largest absolute Gasteiger partial charge is 0.219 e. The van der Waals surface area contributed by atoms with Gasteiger partial charge in [-0.05, 0) is 12.5 Å². The lowest BCUT2D eigenvalue weighted by atomic mass is 10.1. The molecule has 0 saturated carbocycles. The number of halogens is 3. The summed E-state index contributed by atoms with van der Waals surface area (Å²) < 4.78 is 0. The molecule has 17 heavy (non-hydrogen) atoms. The molecule has 0 unspecified atom stereocenters. The third-order valence-corrected chi connectivity index (χ3v) is 3.11.